The minimum absolute atomic E-state index is 0.304. The van der Waals surface area contributed by atoms with E-state index < -0.39 is 0 Å². The smallest absolute Gasteiger partial charge is 0.175 e. The summed E-state index contributed by atoms with van der Waals surface area (Å²) < 4.78 is 15.3. The quantitative estimate of drug-likeness (QED) is 0.822. The number of halogens is 1. The summed E-state index contributed by atoms with van der Waals surface area (Å²) in [6.45, 7) is 0. The van der Waals surface area contributed by atoms with Gasteiger partial charge in [0, 0.05) is 12.1 Å². The highest BCUT2D eigenvalue weighted by Crippen LogP contribution is 2.35. The lowest BCUT2D eigenvalue weighted by Gasteiger charge is -2.20. The van der Waals surface area contributed by atoms with E-state index in [1.165, 1.54) is 25.3 Å². The van der Waals surface area contributed by atoms with Crippen molar-refractivity contribution >= 4 is 11.5 Å². The predicted octanol–water partition coefficient (Wildman–Crippen LogP) is 3.10. The lowest BCUT2D eigenvalue weighted by molar-refractivity contribution is 0.439. The van der Waals surface area contributed by atoms with E-state index in [1.807, 2.05) is 0 Å². The number of nitrogens with zero attached hydrogens (tertiary/aromatic N) is 2. The summed E-state index contributed by atoms with van der Waals surface area (Å²) in [5.74, 6) is 0.704. The van der Waals surface area contributed by atoms with E-state index in [0.29, 0.717) is 17.4 Å². The van der Waals surface area contributed by atoms with Crippen LogP contribution in [0.15, 0.2) is 18.3 Å². The van der Waals surface area contributed by atoms with Gasteiger partial charge in [-0.25, -0.2) is 9.37 Å². The zero-order valence-electron chi connectivity index (χ0n) is 9.69. The summed E-state index contributed by atoms with van der Waals surface area (Å²) in [6.07, 6.45) is 7.75. The topological polar surface area (TPSA) is 43.3 Å². The van der Waals surface area contributed by atoms with Crippen LogP contribution >= 0.6 is 0 Å². The first-order valence-corrected chi connectivity index (χ1v) is 6.19. The first-order chi connectivity index (χ1) is 8.27. The lowest BCUT2D eigenvalue weighted by Crippen LogP contribution is -2.07. The molecule has 1 aliphatic carbocycles. The van der Waals surface area contributed by atoms with Gasteiger partial charge < -0.3 is 5.73 Å². The number of anilines is 1. The number of aromatic nitrogens is 2. The lowest BCUT2D eigenvalue weighted by atomic mass is 9.87. The maximum absolute atomic E-state index is 13.6. The molecule has 90 valence electrons. The Hall–Kier alpha value is -1.58. The molecular formula is C13H16FN3. The number of rotatable bonds is 1. The molecular weight excluding hydrogens is 217 g/mol. The Labute approximate surface area is 99.5 Å². The van der Waals surface area contributed by atoms with Crippen molar-refractivity contribution in [2.75, 3.05) is 5.73 Å². The molecule has 4 heteroatoms. The second kappa shape index (κ2) is 4.02. The Morgan fingerprint density at radius 3 is 2.76 bits per heavy atom. The van der Waals surface area contributed by atoms with Crippen molar-refractivity contribution < 1.29 is 4.39 Å². The highest BCUT2D eigenvalue weighted by molar-refractivity contribution is 5.54. The van der Waals surface area contributed by atoms with Gasteiger partial charge in [0.15, 0.2) is 11.5 Å². The van der Waals surface area contributed by atoms with Crippen LogP contribution in [0.4, 0.5) is 10.2 Å². The Morgan fingerprint density at radius 1 is 1.29 bits per heavy atom. The summed E-state index contributed by atoms with van der Waals surface area (Å²) in [7, 11) is 0. The fraction of sp³-hybridized carbons (Fsp3) is 0.462. The largest absolute Gasteiger partial charge is 0.383 e. The van der Waals surface area contributed by atoms with Crippen molar-refractivity contribution in [1.29, 1.82) is 0 Å². The van der Waals surface area contributed by atoms with Crippen molar-refractivity contribution in [2.45, 2.75) is 38.0 Å². The fourth-order valence-corrected chi connectivity index (χ4v) is 2.75. The molecule has 0 amide bonds. The minimum atomic E-state index is -0.304. The Kier molecular flexibility index (Phi) is 2.50. The van der Waals surface area contributed by atoms with Gasteiger partial charge in [0.2, 0.25) is 0 Å². The fourth-order valence-electron chi connectivity index (χ4n) is 2.75. The average molecular weight is 233 g/mol. The maximum atomic E-state index is 13.6. The molecule has 0 radical (unpaired) electrons. The first-order valence-electron chi connectivity index (χ1n) is 6.19. The summed E-state index contributed by atoms with van der Waals surface area (Å²) in [4.78, 5) is 4.40. The van der Waals surface area contributed by atoms with E-state index in [2.05, 4.69) is 4.98 Å². The Balaban J connectivity index is 2.10. The van der Waals surface area contributed by atoms with Crippen LogP contribution in [-0.2, 0) is 0 Å². The molecule has 2 aromatic rings. The van der Waals surface area contributed by atoms with Gasteiger partial charge in [-0.1, -0.05) is 19.3 Å². The number of nitrogens with two attached hydrogens (primary N) is 1. The zero-order chi connectivity index (χ0) is 11.8. The van der Waals surface area contributed by atoms with Crippen LogP contribution in [0.1, 0.15) is 43.7 Å². The molecule has 0 atom stereocenters. The van der Waals surface area contributed by atoms with Gasteiger partial charge in [-0.05, 0) is 25.0 Å². The van der Waals surface area contributed by atoms with Crippen LogP contribution < -0.4 is 5.73 Å². The molecule has 2 N–H and O–H groups in total. The van der Waals surface area contributed by atoms with Gasteiger partial charge in [0.05, 0.1) is 5.69 Å². The number of hydrogen-bond acceptors (Lipinski definition) is 2. The summed E-state index contributed by atoms with van der Waals surface area (Å²) in [5, 5.41) is 0. The minimum Gasteiger partial charge on any atom is -0.383 e. The van der Waals surface area contributed by atoms with Crippen LogP contribution in [0.2, 0.25) is 0 Å². The van der Waals surface area contributed by atoms with Crippen LogP contribution in [0.3, 0.4) is 0 Å². The third kappa shape index (κ3) is 1.68. The molecule has 0 unspecified atom stereocenters. The van der Waals surface area contributed by atoms with E-state index in [1.54, 1.807) is 16.7 Å². The molecule has 1 saturated carbocycles. The molecule has 0 spiro atoms. The third-order valence-corrected chi connectivity index (χ3v) is 3.66. The molecule has 1 aliphatic rings. The first kappa shape index (κ1) is 10.6. The van der Waals surface area contributed by atoms with Gasteiger partial charge in [0.1, 0.15) is 5.82 Å². The van der Waals surface area contributed by atoms with Gasteiger partial charge in [-0.15, -0.1) is 0 Å². The number of pyridine rings is 1. The standard InChI is InChI=1S/C13H16FN3/c14-10-7-4-8-17-12(15)11(16-13(10)17)9-5-2-1-3-6-9/h4,7-9H,1-3,5-6,15H2. The molecule has 1 fully saturated rings. The van der Waals surface area contributed by atoms with E-state index in [-0.39, 0.29) is 5.82 Å². The molecule has 0 aromatic carbocycles. The average Bonchev–Trinajstić information content (AvgIpc) is 2.70. The predicted molar refractivity (Wildman–Crippen MR) is 65.4 cm³/mol. The summed E-state index contributed by atoms with van der Waals surface area (Å²) in [5.41, 5.74) is 7.31. The number of hydrogen-bond donors (Lipinski definition) is 1. The number of fused-ring (bicyclic) bond motifs is 1. The molecule has 2 aromatic heterocycles. The molecule has 3 nitrogen and oxygen atoms in total. The van der Waals surface area contributed by atoms with Crippen LogP contribution in [-0.4, -0.2) is 9.38 Å². The van der Waals surface area contributed by atoms with Crippen molar-refractivity contribution in [3.63, 3.8) is 0 Å². The molecule has 0 bridgehead atoms. The molecule has 3 rings (SSSR count). The zero-order valence-corrected chi connectivity index (χ0v) is 9.69. The monoisotopic (exact) mass is 233 g/mol. The van der Waals surface area contributed by atoms with Crippen molar-refractivity contribution in [3.05, 3.63) is 29.8 Å². The van der Waals surface area contributed by atoms with E-state index >= 15 is 0 Å². The van der Waals surface area contributed by atoms with Crippen molar-refractivity contribution in [3.8, 4) is 0 Å². The maximum Gasteiger partial charge on any atom is 0.175 e. The van der Waals surface area contributed by atoms with Gasteiger partial charge in [0.25, 0.3) is 0 Å². The Bertz CT molecular complexity index is 541. The molecule has 0 saturated heterocycles. The van der Waals surface area contributed by atoms with Crippen molar-refractivity contribution in [1.82, 2.24) is 9.38 Å². The second-order valence-corrected chi connectivity index (χ2v) is 4.77. The second-order valence-electron chi connectivity index (χ2n) is 4.77. The third-order valence-electron chi connectivity index (χ3n) is 3.66. The van der Waals surface area contributed by atoms with Crippen LogP contribution in [0.5, 0.6) is 0 Å². The van der Waals surface area contributed by atoms with Gasteiger partial charge in [-0.3, -0.25) is 4.40 Å². The van der Waals surface area contributed by atoms with E-state index in [9.17, 15) is 4.39 Å². The SMILES string of the molecule is Nc1c(C2CCCCC2)nc2c(F)cccn12. The normalized spacial score (nSPS) is 17.7. The van der Waals surface area contributed by atoms with E-state index in [4.69, 9.17) is 5.73 Å². The number of nitrogen functional groups attached to an aromatic ring is 1. The number of imidazole rings is 1. The van der Waals surface area contributed by atoms with Gasteiger partial charge in [-0.2, -0.15) is 0 Å². The van der Waals surface area contributed by atoms with Crippen LogP contribution in [0, 0.1) is 5.82 Å². The van der Waals surface area contributed by atoms with Crippen LogP contribution in [0.25, 0.3) is 5.65 Å². The molecule has 17 heavy (non-hydrogen) atoms. The molecule has 2 heterocycles. The molecule has 0 aliphatic heterocycles. The Morgan fingerprint density at radius 2 is 2.06 bits per heavy atom. The summed E-state index contributed by atoms with van der Waals surface area (Å²) in [6, 6.07) is 3.08. The van der Waals surface area contributed by atoms with E-state index in [0.717, 1.165) is 18.5 Å². The highest BCUT2D eigenvalue weighted by Gasteiger charge is 2.22. The summed E-state index contributed by atoms with van der Waals surface area (Å²) >= 11 is 0. The van der Waals surface area contributed by atoms with Gasteiger partial charge >= 0.3 is 0 Å². The highest BCUT2D eigenvalue weighted by atomic mass is 19.1. The van der Waals surface area contributed by atoms with Crippen molar-refractivity contribution in [2.24, 2.45) is 0 Å².